The van der Waals surface area contributed by atoms with Gasteiger partial charge < -0.3 is 19.9 Å². The lowest BCUT2D eigenvalue weighted by molar-refractivity contribution is -0.00308. The van der Waals surface area contributed by atoms with E-state index in [1.54, 1.807) is 16.0 Å². The summed E-state index contributed by atoms with van der Waals surface area (Å²) < 4.78 is 18.9. The van der Waals surface area contributed by atoms with Crippen molar-refractivity contribution in [3.05, 3.63) is 48.2 Å². The van der Waals surface area contributed by atoms with E-state index in [1.807, 2.05) is 17.9 Å². The van der Waals surface area contributed by atoms with Gasteiger partial charge in [-0.2, -0.15) is 0 Å². The molecule has 1 unspecified atom stereocenters. The van der Waals surface area contributed by atoms with Crippen LogP contribution in [0.25, 0.3) is 0 Å². The first-order chi connectivity index (χ1) is 14.4. The number of carbonyl (C=O) groups excluding carboxylic acids is 2. The number of nitrogens with zero attached hydrogens (tertiary/aromatic N) is 5. The van der Waals surface area contributed by atoms with Crippen molar-refractivity contribution in [3.8, 4) is 0 Å². The Morgan fingerprint density at radius 3 is 2.73 bits per heavy atom. The number of fused-ring (bicyclic) bond motifs is 2. The number of urea groups is 1. The van der Waals surface area contributed by atoms with Crippen molar-refractivity contribution in [2.45, 2.75) is 18.6 Å². The highest BCUT2D eigenvalue weighted by molar-refractivity contribution is 5.89. The summed E-state index contributed by atoms with van der Waals surface area (Å²) in [6, 6.07) is 6.95. The van der Waals surface area contributed by atoms with Gasteiger partial charge in [0.2, 0.25) is 0 Å². The molecular weight excluding hydrogens is 391 g/mol. The molecule has 1 N–H and O–H groups in total. The lowest BCUT2D eigenvalue weighted by atomic mass is 9.84. The Morgan fingerprint density at radius 1 is 1.23 bits per heavy atom. The van der Waals surface area contributed by atoms with Crippen LogP contribution >= 0.6 is 0 Å². The lowest BCUT2D eigenvalue weighted by Crippen LogP contribution is -2.71. The molecule has 30 heavy (non-hydrogen) atoms. The molecule has 0 radical (unpaired) electrons. The topological polar surface area (TPSA) is 90.9 Å². The second-order valence-electron chi connectivity index (χ2n) is 7.84. The third-order valence-electron chi connectivity index (χ3n) is 5.90. The minimum atomic E-state index is -0.662. The van der Waals surface area contributed by atoms with Crippen molar-refractivity contribution < 1.29 is 18.7 Å². The van der Waals surface area contributed by atoms with Gasteiger partial charge in [-0.3, -0.25) is 4.90 Å². The molecule has 3 fully saturated rings. The second-order valence-corrected chi connectivity index (χ2v) is 7.84. The van der Waals surface area contributed by atoms with Gasteiger partial charge in [0.05, 0.1) is 19.1 Å². The number of hydrogen-bond acceptors (Lipinski definition) is 6. The Morgan fingerprint density at radius 2 is 2.00 bits per heavy atom. The zero-order valence-corrected chi connectivity index (χ0v) is 16.4. The minimum Gasteiger partial charge on any atom is -0.437 e. The number of ether oxygens (including phenoxy) is 1. The first-order valence-corrected chi connectivity index (χ1v) is 9.79. The predicted molar refractivity (Wildman–Crippen MR) is 106 cm³/mol. The van der Waals surface area contributed by atoms with Crippen LogP contribution in [0.2, 0.25) is 0 Å². The first-order valence-electron chi connectivity index (χ1n) is 9.79. The number of nitrogens with one attached hydrogen (secondary N) is 1. The SMILES string of the molecule is Cc1nccc(N2CC3(C2)OC(=O)N2CCN(C(=O)Nc4ccc(F)cc4)CC23)n1. The molecule has 3 aliphatic rings. The van der Waals surface area contributed by atoms with Crippen LogP contribution in [0.15, 0.2) is 36.5 Å². The van der Waals surface area contributed by atoms with Gasteiger partial charge >= 0.3 is 12.1 Å². The van der Waals surface area contributed by atoms with E-state index < -0.39 is 5.60 Å². The van der Waals surface area contributed by atoms with E-state index in [1.165, 1.54) is 24.3 Å². The van der Waals surface area contributed by atoms with Crippen LogP contribution in [0.3, 0.4) is 0 Å². The number of anilines is 2. The molecule has 3 saturated heterocycles. The fraction of sp³-hybridized carbons (Fsp3) is 0.400. The average molecular weight is 412 g/mol. The van der Waals surface area contributed by atoms with Crippen LogP contribution in [0.5, 0.6) is 0 Å². The number of amides is 3. The van der Waals surface area contributed by atoms with E-state index in [0.717, 1.165) is 5.82 Å². The Bertz CT molecular complexity index is 994. The molecule has 9 nitrogen and oxygen atoms in total. The standard InChI is InChI=1S/C20H21FN6O3/c1-13-22-7-6-17(23-13)26-11-20(12-26)16-10-25(8-9-27(16)19(29)30-20)18(28)24-15-4-2-14(21)3-5-15/h2-7,16H,8-12H2,1H3,(H,24,28). The summed E-state index contributed by atoms with van der Waals surface area (Å²) in [5.74, 6) is 1.11. The smallest absolute Gasteiger partial charge is 0.411 e. The summed E-state index contributed by atoms with van der Waals surface area (Å²) in [5, 5.41) is 2.78. The number of rotatable bonds is 2. The maximum Gasteiger partial charge on any atom is 0.411 e. The highest BCUT2D eigenvalue weighted by atomic mass is 19.1. The molecule has 1 spiro atoms. The molecule has 1 aromatic carbocycles. The number of carbonyl (C=O) groups is 2. The molecule has 3 amide bonds. The molecule has 156 valence electrons. The lowest BCUT2D eigenvalue weighted by Gasteiger charge is -2.51. The van der Waals surface area contributed by atoms with Gasteiger partial charge in [0.25, 0.3) is 0 Å². The predicted octanol–water partition coefficient (Wildman–Crippen LogP) is 1.85. The number of benzene rings is 1. The van der Waals surface area contributed by atoms with Crippen molar-refractivity contribution in [2.75, 3.05) is 42.9 Å². The van der Waals surface area contributed by atoms with E-state index in [0.29, 0.717) is 44.2 Å². The van der Waals surface area contributed by atoms with Crippen LogP contribution in [-0.4, -0.2) is 76.3 Å². The fourth-order valence-corrected chi connectivity index (χ4v) is 4.33. The maximum absolute atomic E-state index is 13.1. The number of halogens is 1. The molecule has 0 saturated carbocycles. The number of aromatic nitrogens is 2. The Kier molecular flexibility index (Phi) is 4.23. The molecule has 4 heterocycles. The van der Waals surface area contributed by atoms with Crippen molar-refractivity contribution in [3.63, 3.8) is 0 Å². The van der Waals surface area contributed by atoms with Crippen molar-refractivity contribution >= 4 is 23.6 Å². The Hall–Kier alpha value is -3.43. The van der Waals surface area contributed by atoms with Crippen LogP contribution in [0.1, 0.15) is 5.82 Å². The zero-order chi connectivity index (χ0) is 20.9. The summed E-state index contributed by atoms with van der Waals surface area (Å²) in [6.45, 7) is 4.05. The van der Waals surface area contributed by atoms with Gasteiger partial charge in [-0.25, -0.2) is 23.9 Å². The monoisotopic (exact) mass is 412 g/mol. The largest absolute Gasteiger partial charge is 0.437 e. The van der Waals surface area contributed by atoms with E-state index in [2.05, 4.69) is 15.3 Å². The summed E-state index contributed by atoms with van der Waals surface area (Å²) in [5.41, 5.74) is -0.142. The molecule has 1 aromatic heterocycles. The highest BCUT2D eigenvalue weighted by Crippen LogP contribution is 2.41. The number of hydrogen-bond donors (Lipinski definition) is 1. The van der Waals surface area contributed by atoms with Crippen LogP contribution in [0, 0.1) is 12.7 Å². The molecule has 0 bridgehead atoms. The Balaban J connectivity index is 1.28. The number of piperazine rings is 1. The Labute approximate surface area is 172 Å². The van der Waals surface area contributed by atoms with E-state index in [4.69, 9.17) is 4.74 Å². The minimum absolute atomic E-state index is 0.225. The van der Waals surface area contributed by atoms with E-state index in [9.17, 15) is 14.0 Å². The molecule has 2 aromatic rings. The van der Waals surface area contributed by atoms with Gasteiger partial charge in [0.15, 0.2) is 5.60 Å². The van der Waals surface area contributed by atoms with Gasteiger partial charge in [-0.1, -0.05) is 0 Å². The molecule has 0 aliphatic carbocycles. The first kappa shape index (κ1) is 18.6. The quantitative estimate of drug-likeness (QED) is 0.810. The second kappa shape index (κ2) is 6.82. The van der Waals surface area contributed by atoms with Crippen LogP contribution in [-0.2, 0) is 4.74 Å². The van der Waals surface area contributed by atoms with Crippen LogP contribution < -0.4 is 10.2 Å². The zero-order valence-electron chi connectivity index (χ0n) is 16.4. The molecule has 1 atom stereocenters. The van der Waals surface area contributed by atoms with Gasteiger partial charge in [0.1, 0.15) is 17.5 Å². The van der Waals surface area contributed by atoms with E-state index >= 15 is 0 Å². The molecule has 3 aliphatic heterocycles. The summed E-state index contributed by atoms with van der Waals surface area (Å²) in [4.78, 5) is 39.1. The summed E-state index contributed by atoms with van der Waals surface area (Å²) >= 11 is 0. The van der Waals surface area contributed by atoms with Crippen LogP contribution in [0.4, 0.5) is 25.5 Å². The maximum atomic E-state index is 13.1. The summed E-state index contributed by atoms with van der Waals surface area (Å²) in [7, 11) is 0. The fourth-order valence-electron chi connectivity index (χ4n) is 4.33. The number of aryl methyl sites for hydroxylation is 1. The van der Waals surface area contributed by atoms with Gasteiger partial charge in [0, 0.05) is 31.5 Å². The third kappa shape index (κ3) is 3.08. The van der Waals surface area contributed by atoms with Crippen molar-refractivity contribution in [1.82, 2.24) is 19.8 Å². The highest BCUT2D eigenvalue weighted by Gasteiger charge is 2.62. The normalized spacial score (nSPS) is 21.9. The molecule has 10 heteroatoms. The average Bonchev–Trinajstić information content (AvgIpc) is 3.01. The van der Waals surface area contributed by atoms with Gasteiger partial charge in [-0.05, 0) is 37.3 Å². The molecular formula is C20H21FN6O3. The van der Waals surface area contributed by atoms with Gasteiger partial charge in [-0.15, -0.1) is 0 Å². The van der Waals surface area contributed by atoms with Crippen molar-refractivity contribution in [2.24, 2.45) is 0 Å². The summed E-state index contributed by atoms with van der Waals surface area (Å²) in [6.07, 6.45) is 1.37. The third-order valence-corrected chi connectivity index (χ3v) is 5.90. The van der Waals surface area contributed by atoms with Crippen molar-refractivity contribution in [1.29, 1.82) is 0 Å². The van der Waals surface area contributed by atoms with E-state index in [-0.39, 0.29) is 24.0 Å². The molecule has 5 rings (SSSR count).